The lowest BCUT2D eigenvalue weighted by atomic mass is 10.1. The average Bonchev–Trinajstić information content (AvgIpc) is 2.99. The summed E-state index contributed by atoms with van der Waals surface area (Å²) in [6.45, 7) is 3.03. The summed E-state index contributed by atoms with van der Waals surface area (Å²) in [4.78, 5) is 23.2. The Labute approximate surface area is 112 Å². The molecule has 2 aromatic heterocycles. The molecule has 0 aliphatic rings. The lowest BCUT2D eigenvalue weighted by Crippen LogP contribution is -2.35. The number of amides is 1. The molecular weight excluding hydrogens is 270 g/mol. The third-order valence-corrected chi connectivity index (χ3v) is 3.19. The van der Waals surface area contributed by atoms with Crippen molar-refractivity contribution >= 4 is 29.1 Å². The first-order valence-electron chi connectivity index (χ1n) is 5.28. The summed E-state index contributed by atoms with van der Waals surface area (Å²) in [5.74, 6) is -1.37. The lowest BCUT2D eigenvalue weighted by Gasteiger charge is -2.19. The van der Waals surface area contributed by atoms with Gasteiger partial charge in [-0.05, 0) is 25.4 Å². The van der Waals surface area contributed by atoms with E-state index >= 15 is 0 Å². The maximum Gasteiger partial charge on any atom is 0.331 e. The third kappa shape index (κ3) is 2.60. The number of nitrogens with zero attached hydrogens (tertiary/aromatic N) is 4. The molecule has 2 rings (SSSR count). The van der Waals surface area contributed by atoms with Gasteiger partial charge in [0, 0.05) is 6.20 Å². The van der Waals surface area contributed by atoms with Crippen LogP contribution in [0.2, 0.25) is 0 Å². The second-order valence-corrected chi connectivity index (χ2v) is 5.06. The van der Waals surface area contributed by atoms with E-state index in [4.69, 9.17) is 5.11 Å². The van der Waals surface area contributed by atoms with E-state index in [9.17, 15) is 9.59 Å². The number of nitrogens with one attached hydrogen (secondary N) is 1. The summed E-state index contributed by atoms with van der Waals surface area (Å²) >= 11 is 0.973. The Morgan fingerprint density at radius 1 is 1.42 bits per heavy atom. The van der Waals surface area contributed by atoms with Crippen LogP contribution >= 0.6 is 11.5 Å². The normalized spacial score (nSPS) is 11.3. The van der Waals surface area contributed by atoms with E-state index < -0.39 is 11.5 Å². The van der Waals surface area contributed by atoms with Gasteiger partial charge in [-0.3, -0.25) is 9.48 Å². The maximum atomic E-state index is 11.7. The quantitative estimate of drug-likeness (QED) is 0.858. The van der Waals surface area contributed by atoms with Gasteiger partial charge in [0.2, 0.25) is 0 Å². The van der Waals surface area contributed by atoms with Crippen LogP contribution in [0.3, 0.4) is 0 Å². The van der Waals surface area contributed by atoms with E-state index in [1.165, 1.54) is 37.1 Å². The van der Waals surface area contributed by atoms with Crippen LogP contribution in [0, 0.1) is 0 Å². The van der Waals surface area contributed by atoms with E-state index in [1.807, 2.05) is 0 Å². The number of anilines is 1. The lowest BCUT2D eigenvalue weighted by molar-refractivity contribution is -0.146. The molecule has 0 aliphatic carbocycles. The van der Waals surface area contributed by atoms with Crippen molar-refractivity contribution in [2.75, 3.05) is 5.32 Å². The molecule has 0 spiro atoms. The number of aliphatic carboxylic acids is 1. The molecule has 8 nitrogen and oxygen atoms in total. The van der Waals surface area contributed by atoms with Gasteiger partial charge in [0.1, 0.15) is 4.88 Å². The Morgan fingerprint density at radius 2 is 2.16 bits per heavy atom. The van der Waals surface area contributed by atoms with Crippen molar-refractivity contribution in [3.63, 3.8) is 0 Å². The van der Waals surface area contributed by atoms with Crippen LogP contribution < -0.4 is 5.32 Å². The summed E-state index contributed by atoms with van der Waals surface area (Å²) in [5.41, 5.74) is -0.776. The summed E-state index contributed by atoms with van der Waals surface area (Å²) in [5, 5.41) is 19.2. The highest BCUT2D eigenvalue weighted by molar-refractivity contribution is 7.07. The van der Waals surface area contributed by atoms with Crippen LogP contribution in [0.15, 0.2) is 18.6 Å². The van der Waals surface area contributed by atoms with Crippen LogP contribution in [0.4, 0.5) is 5.69 Å². The zero-order valence-electron chi connectivity index (χ0n) is 10.2. The minimum absolute atomic E-state index is 0.359. The third-order valence-electron chi connectivity index (χ3n) is 2.52. The van der Waals surface area contributed by atoms with Gasteiger partial charge in [-0.15, -0.1) is 5.10 Å². The average molecular weight is 281 g/mol. The SMILES string of the molecule is CC(C)(C(=O)O)n1cc(NC(=O)c2cnns2)cn1. The Kier molecular flexibility index (Phi) is 3.30. The Bertz CT molecular complexity index is 604. The molecule has 0 bridgehead atoms. The highest BCUT2D eigenvalue weighted by atomic mass is 32.1. The van der Waals surface area contributed by atoms with E-state index in [0.717, 1.165) is 11.5 Å². The van der Waals surface area contributed by atoms with Crippen molar-refractivity contribution in [3.8, 4) is 0 Å². The molecule has 0 aliphatic heterocycles. The molecule has 0 atom stereocenters. The number of carboxylic acids is 1. The van der Waals surface area contributed by atoms with Crippen molar-refractivity contribution in [2.24, 2.45) is 0 Å². The van der Waals surface area contributed by atoms with Crippen molar-refractivity contribution in [1.82, 2.24) is 19.4 Å². The molecule has 0 saturated heterocycles. The number of hydrogen-bond acceptors (Lipinski definition) is 6. The summed E-state index contributed by atoms with van der Waals surface area (Å²) < 4.78 is 4.86. The highest BCUT2D eigenvalue weighted by Crippen LogP contribution is 2.18. The largest absolute Gasteiger partial charge is 0.479 e. The molecule has 0 fully saturated rings. The smallest absolute Gasteiger partial charge is 0.331 e. The predicted molar refractivity (Wildman–Crippen MR) is 67.0 cm³/mol. The fourth-order valence-corrected chi connectivity index (χ4v) is 1.66. The number of carboxylic acid groups (broad SMARTS) is 1. The van der Waals surface area contributed by atoms with Crippen LogP contribution in [0.5, 0.6) is 0 Å². The van der Waals surface area contributed by atoms with Gasteiger partial charge in [0.15, 0.2) is 5.54 Å². The zero-order valence-corrected chi connectivity index (χ0v) is 11.0. The van der Waals surface area contributed by atoms with Gasteiger partial charge in [-0.25, -0.2) is 4.79 Å². The molecule has 0 unspecified atom stereocenters. The van der Waals surface area contributed by atoms with Crippen LogP contribution in [0.1, 0.15) is 23.5 Å². The van der Waals surface area contributed by atoms with Gasteiger partial charge in [0.25, 0.3) is 5.91 Å². The first kappa shape index (κ1) is 13.1. The Balaban J connectivity index is 2.14. The molecule has 100 valence electrons. The van der Waals surface area contributed by atoms with Crippen LogP contribution in [-0.2, 0) is 10.3 Å². The number of rotatable bonds is 4. The Morgan fingerprint density at radius 3 is 2.74 bits per heavy atom. The molecule has 1 amide bonds. The first-order chi connectivity index (χ1) is 8.91. The number of carbonyl (C=O) groups is 2. The topological polar surface area (TPSA) is 110 Å². The molecule has 9 heteroatoms. The van der Waals surface area contributed by atoms with E-state index in [0.29, 0.717) is 10.6 Å². The molecule has 2 aromatic rings. The minimum Gasteiger partial charge on any atom is -0.479 e. The van der Waals surface area contributed by atoms with Crippen LogP contribution in [-0.4, -0.2) is 36.4 Å². The van der Waals surface area contributed by atoms with Gasteiger partial charge < -0.3 is 10.4 Å². The fraction of sp³-hybridized carbons (Fsp3) is 0.300. The Hall–Kier alpha value is -2.29. The standard InChI is InChI=1S/C10H11N5O3S/c1-10(2,9(17)18)15-5-6(3-12-15)13-8(16)7-4-11-14-19-7/h3-5H,1-2H3,(H,13,16)(H,17,18). The van der Waals surface area contributed by atoms with Gasteiger partial charge in [-0.1, -0.05) is 4.49 Å². The maximum absolute atomic E-state index is 11.7. The van der Waals surface area contributed by atoms with E-state index in [2.05, 4.69) is 20.0 Å². The van der Waals surface area contributed by atoms with Crippen molar-refractivity contribution in [2.45, 2.75) is 19.4 Å². The highest BCUT2D eigenvalue weighted by Gasteiger charge is 2.30. The van der Waals surface area contributed by atoms with Gasteiger partial charge in [-0.2, -0.15) is 5.10 Å². The zero-order chi connectivity index (χ0) is 14.0. The monoisotopic (exact) mass is 281 g/mol. The van der Waals surface area contributed by atoms with Gasteiger partial charge in [0.05, 0.1) is 18.1 Å². The first-order valence-corrected chi connectivity index (χ1v) is 6.06. The molecule has 0 saturated carbocycles. The number of hydrogen-bond donors (Lipinski definition) is 2. The molecule has 0 radical (unpaired) electrons. The fourth-order valence-electron chi connectivity index (χ4n) is 1.25. The van der Waals surface area contributed by atoms with E-state index in [1.54, 1.807) is 0 Å². The van der Waals surface area contributed by atoms with Crippen LogP contribution in [0.25, 0.3) is 0 Å². The summed E-state index contributed by atoms with van der Waals surface area (Å²) in [6, 6.07) is 0. The van der Waals surface area contributed by atoms with Crippen molar-refractivity contribution in [3.05, 3.63) is 23.5 Å². The molecule has 2 N–H and O–H groups in total. The van der Waals surface area contributed by atoms with Crippen molar-refractivity contribution in [1.29, 1.82) is 0 Å². The second-order valence-electron chi connectivity index (χ2n) is 4.27. The predicted octanol–water partition coefficient (Wildman–Crippen LogP) is 0.807. The molecular formula is C10H11N5O3S. The molecule has 19 heavy (non-hydrogen) atoms. The number of aromatic nitrogens is 4. The van der Waals surface area contributed by atoms with Gasteiger partial charge >= 0.3 is 5.97 Å². The number of carbonyl (C=O) groups excluding carboxylic acids is 1. The molecule has 2 heterocycles. The summed E-state index contributed by atoms with van der Waals surface area (Å²) in [6.07, 6.45) is 4.20. The molecule has 0 aromatic carbocycles. The van der Waals surface area contributed by atoms with E-state index in [-0.39, 0.29) is 5.91 Å². The second kappa shape index (κ2) is 4.76. The summed E-state index contributed by atoms with van der Waals surface area (Å²) in [7, 11) is 0. The minimum atomic E-state index is -1.19. The van der Waals surface area contributed by atoms with Crippen molar-refractivity contribution < 1.29 is 14.7 Å².